The van der Waals surface area contributed by atoms with E-state index in [9.17, 15) is 5.11 Å². The molecule has 1 atom stereocenters. The molecule has 3 nitrogen and oxygen atoms in total. The molecular formula is C11H17NO2. The van der Waals surface area contributed by atoms with Crippen LogP contribution >= 0.6 is 0 Å². The Morgan fingerprint density at radius 2 is 1.86 bits per heavy atom. The quantitative estimate of drug-likeness (QED) is 0.677. The van der Waals surface area contributed by atoms with E-state index < -0.39 is 11.6 Å². The van der Waals surface area contributed by atoms with Gasteiger partial charge in [0.1, 0.15) is 0 Å². The minimum absolute atomic E-state index is 0.243. The average molecular weight is 195 g/mol. The highest BCUT2D eigenvalue weighted by atomic mass is 16.3. The number of para-hydroxylation sites is 1. The monoisotopic (exact) mass is 195 g/mol. The molecular weight excluding hydrogens is 178 g/mol. The summed E-state index contributed by atoms with van der Waals surface area (Å²) < 4.78 is 0. The van der Waals surface area contributed by atoms with Crippen LogP contribution in [0, 0.1) is 0 Å². The lowest BCUT2D eigenvalue weighted by Gasteiger charge is -2.31. The summed E-state index contributed by atoms with van der Waals surface area (Å²) in [6, 6.07) is 9.62. The minimum Gasteiger partial charge on any atom is -0.394 e. The van der Waals surface area contributed by atoms with Gasteiger partial charge < -0.3 is 15.5 Å². The van der Waals surface area contributed by atoms with E-state index in [0.717, 1.165) is 5.69 Å². The van der Waals surface area contributed by atoms with Gasteiger partial charge in [0.25, 0.3) is 0 Å². The van der Waals surface area contributed by atoms with Crippen LogP contribution in [0.1, 0.15) is 13.8 Å². The van der Waals surface area contributed by atoms with Gasteiger partial charge in [-0.05, 0) is 26.0 Å². The second-order valence-electron chi connectivity index (χ2n) is 3.91. The van der Waals surface area contributed by atoms with Crippen LogP contribution in [-0.4, -0.2) is 28.5 Å². The highest BCUT2D eigenvalue weighted by molar-refractivity contribution is 5.45. The second kappa shape index (κ2) is 4.44. The molecule has 3 N–H and O–H groups in total. The average Bonchev–Trinajstić information content (AvgIpc) is 2.17. The van der Waals surface area contributed by atoms with Crippen LogP contribution in [0.25, 0.3) is 0 Å². The normalized spacial score (nSPS) is 13.7. The van der Waals surface area contributed by atoms with E-state index in [0.29, 0.717) is 0 Å². The molecule has 0 aliphatic carbocycles. The Labute approximate surface area is 84.4 Å². The zero-order valence-corrected chi connectivity index (χ0v) is 8.57. The number of rotatable bonds is 4. The molecule has 0 saturated heterocycles. The maximum Gasteiger partial charge on any atom is 0.0994 e. The molecule has 78 valence electrons. The van der Waals surface area contributed by atoms with Gasteiger partial charge in [-0.1, -0.05) is 18.2 Å². The topological polar surface area (TPSA) is 52.5 Å². The Morgan fingerprint density at radius 3 is 2.36 bits per heavy atom. The summed E-state index contributed by atoms with van der Waals surface area (Å²) in [6.45, 7) is 3.45. The molecule has 0 radical (unpaired) electrons. The van der Waals surface area contributed by atoms with E-state index >= 15 is 0 Å². The molecule has 0 aromatic heterocycles. The number of hydrogen-bond donors (Lipinski definition) is 3. The fraction of sp³-hybridized carbons (Fsp3) is 0.455. The third-order valence-electron chi connectivity index (χ3n) is 2.25. The fourth-order valence-corrected chi connectivity index (χ4v) is 1.21. The van der Waals surface area contributed by atoms with Crippen molar-refractivity contribution in [1.29, 1.82) is 0 Å². The minimum atomic E-state index is -0.775. The number of anilines is 1. The third-order valence-corrected chi connectivity index (χ3v) is 2.25. The summed E-state index contributed by atoms with van der Waals surface area (Å²) in [5, 5.41) is 21.6. The van der Waals surface area contributed by atoms with Crippen molar-refractivity contribution < 1.29 is 10.2 Å². The maximum atomic E-state index is 9.53. The Kier molecular flexibility index (Phi) is 3.49. The standard InChI is InChI=1S/C11H17NO2/c1-11(2,10(14)8-13)12-9-6-4-3-5-7-9/h3-7,10,12-14H,8H2,1-2H3/t10-/m0/s1. The van der Waals surface area contributed by atoms with Crippen molar-refractivity contribution in [3.8, 4) is 0 Å². The first-order chi connectivity index (χ1) is 6.56. The first-order valence-electron chi connectivity index (χ1n) is 4.68. The summed E-state index contributed by atoms with van der Waals surface area (Å²) in [5.74, 6) is 0. The number of aliphatic hydroxyl groups is 2. The van der Waals surface area contributed by atoms with Crippen LogP contribution in [0.15, 0.2) is 30.3 Å². The van der Waals surface area contributed by atoms with Gasteiger partial charge in [-0.2, -0.15) is 0 Å². The SMILES string of the molecule is CC(C)(Nc1ccccc1)[C@@H](O)CO. The summed E-state index contributed by atoms with van der Waals surface area (Å²) in [7, 11) is 0. The van der Waals surface area contributed by atoms with E-state index in [1.54, 1.807) is 0 Å². The molecule has 0 aliphatic heterocycles. The number of aliphatic hydroxyl groups excluding tert-OH is 2. The fourth-order valence-electron chi connectivity index (χ4n) is 1.21. The van der Waals surface area contributed by atoms with E-state index in [2.05, 4.69) is 5.32 Å². The zero-order chi connectivity index (χ0) is 10.6. The predicted octanol–water partition coefficient (Wildman–Crippen LogP) is 1.23. The molecule has 3 heteroatoms. The number of hydrogen-bond acceptors (Lipinski definition) is 3. The van der Waals surface area contributed by atoms with Gasteiger partial charge >= 0.3 is 0 Å². The molecule has 0 fully saturated rings. The van der Waals surface area contributed by atoms with Crippen molar-refractivity contribution in [1.82, 2.24) is 0 Å². The summed E-state index contributed by atoms with van der Waals surface area (Å²) in [5.41, 5.74) is 0.404. The van der Waals surface area contributed by atoms with Crippen LogP contribution in [0.2, 0.25) is 0 Å². The summed E-state index contributed by atoms with van der Waals surface area (Å²) in [6.07, 6.45) is -0.775. The van der Waals surface area contributed by atoms with Crippen LogP contribution in [0.5, 0.6) is 0 Å². The Bertz CT molecular complexity index is 272. The van der Waals surface area contributed by atoms with E-state index in [-0.39, 0.29) is 6.61 Å². The van der Waals surface area contributed by atoms with Gasteiger partial charge in [-0.3, -0.25) is 0 Å². The van der Waals surface area contributed by atoms with Crippen molar-refractivity contribution in [2.75, 3.05) is 11.9 Å². The molecule has 0 bridgehead atoms. The van der Waals surface area contributed by atoms with Gasteiger partial charge in [0, 0.05) is 5.69 Å². The second-order valence-corrected chi connectivity index (χ2v) is 3.91. The molecule has 0 spiro atoms. The Balaban J connectivity index is 2.68. The lowest BCUT2D eigenvalue weighted by atomic mass is 9.97. The number of benzene rings is 1. The Morgan fingerprint density at radius 1 is 1.29 bits per heavy atom. The summed E-state index contributed by atoms with van der Waals surface area (Å²) in [4.78, 5) is 0. The molecule has 0 aliphatic rings. The first kappa shape index (κ1) is 11.0. The lowest BCUT2D eigenvalue weighted by molar-refractivity contribution is 0.0526. The highest BCUT2D eigenvalue weighted by Crippen LogP contribution is 2.17. The number of nitrogens with one attached hydrogen (secondary N) is 1. The van der Waals surface area contributed by atoms with E-state index in [4.69, 9.17) is 5.11 Å². The third kappa shape index (κ3) is 2.72. The lowest BCUT2D eigenvalue weighted by Crippen LogP contribution is -2.45. The molecule has 0 unspecified atom stereocenters. The molecule has 0 heterocycles. The van der Waals surface area contributed by atoms with Crippen molar-refractivity contribution in [2.24, 2.45) is 0 Å². The maximum absolute atomic E-state index is 9.53. The smallest absolute Gasteiger partial charge is 0.0994 e. The van der Waals surface area contributed by atoms with E-state index in [1.807, 2.05) is 44.2 Å². The van der Waals surface area contributed by atoms with Crippen LogP contribution in [-0.2, 0) is 0 Å². The van der Waals surface area contributed by atoms with Gasteiger partial charge in [-0.15, -0.1) is 0 Å². The molecule has 1 aromatic carbocycles. The largest absolute Gasteiger partial charge is 0.394 e. The Hall–Kier alpha value is -1.06. The highest BCUT2D eigenvalue weighted by Gasteiger charge is 2.26. The van der Waals surface area contributed by atoms with Crippen LogP contribution in [0.4, 0.5) is 5.69 Å². The van der Waals surface area contributed by atoms with Gasteiger partial charge in [0.05, 0.1) is 18.2 Å². The van der Waals surface area contributed by atoms with Crippen LogP contribution < -0.4 is 5.32 Å². The van der Waals surface area contributed by atoms with Crippen molar-refractivity contribution in [2.45, 2.75) is 25.5 Å². The molecule has 1 rings (SSSR count). The summed E-state index contributed by atoms with van der Waals surface area (Å²) >= 11 is 0. The van der Waals surface area contributed by atoms with Crippen molar-refractivity contribution in [3.63, 3.8) is 0 Å². The van der Waals surface area contributed by atoms with Crippen LogP contribution in [0.3, 0.4) is 0 Å². The molecule has 14 heavy (non-hydrogen) atoms. The molecule has 0 saturated carbocycles. The van der Waals surface area contributed by atoms with Gasteiger partial charge in [-0.25, -0.2) is 0 Å². The van der Waals surface area contributed by atoms with Crippen molar-refractivity contribution >= 4 is 5.69 Å². The van der Waals surface area contributed by atoms with E-state index in [1.165, 1.54) is 0 Å². The zero-order valence-electron chi connectivity index (χ0n) is 8.57. The van der Waals surface area contributed by atoms with Crippen molar-refractivity contribution in [3.05, 3.63) is 30.3 Å². The molecule has 1 aromatic rings. The predicted molar refractivity (Wildman–Crippen MR) is 57.2 cm³/mol. The first-order valence-corrected chi connectivity index (χ1v) is 4.68. The molecule has 0 amide bonds. The van der Waals surface area contributed by atoms with Gasteiger partial charge in [0.2, 0.25) is 0 Å². The van der Waals surface area contributed by atoms with Gasteiger partial charge in [0.15, 0.2) is 0 Å².